The first-order chi connectivity index (χ1) is 24.2. The second-order valence-electron chi connectivity index (χ2n) is 11.7. The first-order valence-corrected chi connectivity index (χ1v) is 16.1. The van der Waals surface area contributed by atoms with E-state index in [2.05, 4.69) is 20.1 Å². The Morgan fingerprint density at radius 3 is 2.29 bits per heavy atom. The summed E-state index contributed by atoms with van der Waals surface area (Å²) in [5.41, 5.74) is 8.33. The molecule has 1 aliphatic carbocycles. The smallest absolute Gasteiger partial charge is 0.376 e. The molecule has 3 heterocycles. The third-order valence-electron chi connectivity index (χ3n) is 8.42. The number of alkyl halides is 2. The predicted octanol–water partition coefficient (Wildman–Crippen LogP) is 1.51. The number of allylic oxidation sites excluding steroid dienone is 2. The SMILES string of the molecule is CC1(C)C=CC(c2ncn(C(=O)N(O)c3ccc(C(=O)NO)[nH]3)n2)(N(CCCl)CCCl)C(c2cc[nH]c2C(=O)NO)=C1CC(C(=N)N)C(=O)NO. The summed E-state index contributed by atoms with van der Waals surface area (Å²) in [5, 5.41) is 51.7. The van der Waals surface area contributed by atoms with Gasteiger partial charge in [0.05, 0.1) is 0 Å². The molecule has 0 saturated carbocycles. The van der Waals surface area contributed by atoms with E-state index in [1.165, 1.54) is 35.4 Å². The second kappa shape index (κ2) is 15.9. The van der Waals surface area contributed by atoms with Crippen LogP contribution in [0.3, 0.4) is 0 Å². The van der Waals surface area contributed by atoms with Crippen molar-refractivity contribution in [2.75, 3.05) is 29.9 Å². The molecule has 51 heavy (non-hydrogen) atoms. The van der Waals surface area contributed by atoms with E-state index in [0.717, 1.165) is 6.33 Å². The van der Waals surface area contributed by atoms with Crippen LogP contribution >= 0.6 is 23.2 Å². The zero-order valence-electron chi connectivity index (χ0n) is 27.1. The number of aromatic amines is 2. The van der Waals surface area contributed by atoms with Gasteiger partial charge in [-0.2, -0.15) is 9.75 Å². The van der Waals surface area contributed by atoms with Crippen LogP contribution in [0, 0.1) is 16.7 Å². The Labute approximate surface area is 299 Å². The lowest BCUT2D eigenvalue weighted by Gasteiger charge is -2.48. The molecule has 0 aliphatic heterocycles. The monoisotopic (exact) mass is 750 g/mol. The summed E-state index contributed by atoms with van der Waals surface area (Å²) in [6.07, 6.45) is 5.63. The van der Waals surface area contributed by atoms with E-state index in [9.17, 15) is 34.8 Å². The number of anilines is 1. The molecule has 3 aromatic heterocycles. The normalized spacial score (nSPS) is 17.3. The molecule has 20 nitrogen and oxygen atoms in total. The maximum atomic E-state index is 13.5. The van der Waals surface area contributed by atoms with E-state index >= 15 is 0 Å². The summed E-state index contributed by atoms with van der Waals surface area (Å²) in [6, 6.07) is 2.76. The van der Waals surface area contributed by atoms with Crippen molar-refractivity contribution in [1.29, 1.82) is 5.41 Å². The maximum absolute atomic E-state index is 13.5. The van der Waals surface area contributed by atoms with Gasteiger partial charge in [-0.1, -0.05) is 31.6 Å². The van der Waals surface area contributed by atoms with E-state index < -0.39 is 46.5 Å². The number of nitrogens with one attached hydrogen (secondary N) is 6. The summed E-state index contributed by atoms with van der Waals surface area (Å²) in [5.74, 6) is -5.12. The Hall–Kier alpha value is -5.09. The first-order valence-electron chi connectivity index (χ1n) is 15.0. The van der Waals surface area contributed by atoms with Gasteiger partial charge in [-0.05, 0) is 30.2 Å². The largest absolute Gasteiger partial charge is 0.387 e. The highest BCUT2D eigenvalue weighted by Crippen LogP contribution is 2.53. The van der Waals surface area contributed by atoms with E-state index in [1.807, 2.05) is 0 Å². The van der Waals surface area contributed by atoms with Gasteiger partial charge in [-0.25, -0.2) is 26.2 Å². The van der Waals surface area contributed by atoms with Crippen LogP contribution < -0.4 is 27.2 Å². The van der Waals surface area contributed by atoms with Gasteiger partial charge in [-0.3, -0.25) is 45.5 Å². The average molecular weight is 752 g/mol. The van der Waals surface area contributed by atoms with Crippen molar-refractivity contribution in [2.45, 2.75) is 25.8 Å². The highest BCUT2D eigenvalue weighted by atomic mass is 35.5. The molecule has 0 aromatic carbocycles. The zero-order chi connectivity index (χ0) is 37.7. The molecule has 0 radical (unpaired) electrons. The first kappa shape index (κ1) is 38.7. The summed E-state index contributed by atoms with van der Waals surface area (Å²) in [4.78, 5) is 62.7. The molecular weight excluding hydrogens is 715 g/mol. The number of hydrogen-bond donors (Lipinski definition) is 11. The van der Waals surface area contributed by atoms with Gasteiger partial charge in [0.25, 0.3) is 17.7 Å². The molecule has 0 fully saturated rings. The van der Waals surface area contributed by atoms with Gasteiger partial charge in [0.2, 0.25) is 0 Å². The molecule has 2 unspecified atom stereocenters. The topological polar surface area (TPSA) is 304 Å². The van der Waals surface area contributed by atoms with Crippen LogP contribution in [-0.4, -0.2) is 105 Å². The molecule has 3 aromatic rings. The van der Waals surface area contributed by atoms with Crippen LogP contribution in [0.2, 0.25) is 0 Å². The van der Waals surface area contributed by atoms with Crippen molar-refractivity contribution < 1.29 is 40.0 Å². The minimum Gasteiger partial charge on any atom is -0.387 e. The summed E-state index contributed by atoms with van der Waals surface area (Å²) < 4.78 is 0.699. The average Bonchev–Trinajstić information content (AvgIpc) is 3.91. The lowest BCUT2D eigenvalue weighted by atomic mass is 9.65. The molecule has 4 amide bonds. The van der Waals surface area contributed by atoms with Gasteiger partial charge in [-0.15, -0.1) is 28.3 Å². The summed E-state index contributed by atoms with van der Waals surface area (Å²) in [7, 11) is 0. The minimum absolute atomic E-state index is 0.0409. The highest BCUT2D eigenvalue weighted by Gasteiger charge is 2.51. The summed E-state index contributed by atoms with van der Waals surface area (Å²) >= 11 is 12.6. The van der Waals surface area contributed by atoms with Gasteiger partial charge in [0, 0.05) is 42.0 Å². The predicted molar refractivity (Wildman–Crippen MR) is 180 cm³/mol. The zero-order valence-corrected chi connectivity index (χ0v) is 28.7. The Morgan fingerprint density at radius 2 is 1.71 bits per heavy atom. The van der Waals surface area contributed by atoms with E-state index in [1.54, 1.807) is 36.4 Å². The Morgan fingerprint density at radius 1 is 1.04 bits per heavy atom. The van der Waals surface area contributed by atoms with Crippen LogP contribution in [0.5, 0.6) is 0 Å². The molecular formula is C29H36Cl2N12O8. The number of nitrogens with two attached hydrogens (primary N) is 1. The fraction of sp³-hybridized carbons (Fsp3) is 0.345. The second-order valence-corrected chi connectivity index (χ2v) is 12.5. The number of carbonyl (C=O) groups excluding carboxylic acids is 4. The van der Waals surface area contributed by atoms with E-state index in [0.29, 0.717) is 10.3 Å². The number of hydrogen-bond acceptors (Lipinski definition) is 12. The van der Waals surface area contributed by atoms with Crippen molar-refractivity contribution >= 4 is 64.2 Å². The van der Waals surface area contributed by atoms with Crippen molar-refractivity contribution in [1.82, 2.24) is 46.1 Å². The number of nitrogens with zero attached hydrogens (tertiary/aromatic N) is 5. The number of H-pyrrole nitrogens is 2. The molecule has 2 atom stereocenters. The van der Waals surface area contributed by atoms with Gasteiger partial charge >= 0.3 is 6.03 Å². The van der Waals surface area contributed by atoms with Crippen LogP contribution in [0.25, 0.3) is 5.57 Å². The van der Waals surface area contributed by atoms with E-state index in [-0.39, 0.29) is 70.5 Å². The van der Waals surface area contributed by atoms with Gasteiger partial charge in [0.15, 0.2) is 5.82 Å². The van der Waals surface area contributed by atoms with Crippen LogP contribution in [0.1, 0.15) is 52.6 Å². The lowest BCUT2D eigenvalue weighted by Crippen LogP contribution is -2.51. The third kappa shape index (κ3) is 7.37. The molecule has 274 valence electrons. The standard InChI is InChI=1S/C29H36Cl2N12O8/c1-28(2)6-7-29(41(11-8-30)12-9-31,26-35-14-42(37-26)27(47)43(51)19-4-3-18(36-19)24(45)39-49)20(15-5-10-34-21(15)25(46)40-50)17(28)13-16(22(32)33)23(44)38-48/h3-7,10,14,16,34,36,48-51H,8-9,11-13H2,1-2H3,(H3,32,33)(H,38,44)(H,39,45)(H,40,46). The van der Waals surface area contributed by atoms with Crippen LogP contribution in [0.15, 0.2) is 48.4 Å². The molecule has 1 aliphatic rings. The number of rotatable bonds is 14. The Bertz CT molecular complexity index is 1860. The van der Waals surface area contributed by atoms with Crippen molar-refractivity contribution in [3.63, 3.8) is 0 Å². The highest BCUT2D eigenvalue weighted by molar-refractivity contribution is 6.18. The van der Waals surface area contributed by atoms with Gasteiger partial charge < -0.3 is 15.7 Å². The molecule has 0 bridgehead atoms. The number of amidine groups is 1. The number of aromatic nitrogens is 5. The van der Waals surface area contributed by atoms with Crippen molar-refractivity contribution in [3.05, 3.63) is 71.2 Å². The Balaban J connectivity index is 2.05. The molecule has 4 rings (SSSR count). The number of hydroxylamine groups is 4. The van der Waals surface area contributed by atoms with Crippen molar-refractivity contribution in [3.8, 4) is 0 Å². The van der Waals surface area contributed by atoms with E-state index in [4.69, 9.17) is 39.6 Å². The minimum atomic E-state index is -1.66. The fourth-order valence-corrected chi connectivity index (χ4v) is 6.34. The molecule has 12 N–H and O–H groups in total. The third-order valence-corrected chi connectivity index (χ3v) is 8.76. The number of carbonyl (C=O) groups is 4. The van der Waals surface area contributed by atoms with Crippen LogP contribution in [0.4, 0.5) is 10.6 Å². The van der Waals surface area contributed by atoms with Crippen LogP contribution in [-0.2, 0) is 10.3 Å². The van der Waals surface area contributed by atoms with Gasteiger partial charge in [0.1, 0.15) is 40.8 Å². The molecule has 22 heteroatoms. The lowest BCUT2D eigenvalue weighted by molar-refractivity contribution is -0.131. The molecule has 0 saturated heterocycles. The number of halogens is 2. The number of amides is 4. The quantitative estimate of drug-likeness (QED) is 0.0279. The Kier molecular flexibility index (Phi) is 12.0. The van der Waals surface area contributed by atoms with Crippen molar-refractivity contribution in [2.24, 2.45) is 17.1 Å². The summed E-state index contributed by atoms with van der Waals surface area (Å²) in [6.45, 7) is 3.82. The molecule has 0 spiro atoms. The maximum Gasteiger partial charge on any atom is 0.376 e. The fourth-order valence-electron chi connectivity index (χ4n) is 5.94.